The van der Waals surface area contributed by atoms with Crippen LogP contribution in [0, 0.1) is 6.92 Å². The van der Waals surface area contributed by atoms with Crippen molar-refractivity contribution in [2.45, 2.75) is 13.5 Å². The van der Waals surface area contributed by atoms with Crippen molar-refractivity contribution in [3.8, 4) is 5.75 Å². The molecule has 5 nitrogen and oxygen atoms in total. The number of hydrogen-bond acceptors (Lipinski definition) is 3. The summed E-state index contributed by atoms with van der Waals surface area (Å²) in [4.78, 5) is 24.9. The van der Waals surface area contributed by atoms with Crippen LogP contribution in [0.25, 0.3) is 6.08 Å². The van der Waals surface area contributed by atoms with Crippen molar-refractivity contribution in [3.63, 3.8) is 0 Å². The fourth-order valence-electron chi connectivity index (χ4n) is 3.11. The number of carbonyl (C=O) groups is 2. The van der Waals surface area contributed by atoms with Crippen LogP contribution in [0.15, 0.2) is 84.4 Å². The first-order chi connectivity index (χ1) is 14.1. The van der Waals surface area contributed by atoms with Crippen molar-refractivity contribution in [2.75, 3.05) is 5.01 Å². The number of para-hydroxylation sites is 1. The summed E-state index contributed by atoms with van der Waals surface area (Å²) in [7, 11) is 0. The van der Waals surface area contributed by atoms with Crippen LogP contribution in [0.3, 0.4) is 0 Å². The van der Waals surface area contributed by atoms with Gasteiger partial charge in [-0.2, -0.15) is 0 Å². The van der Waals surface area contributed by atoms with Crippen LogP contribution in [-0.4, -0.2) is 11.8 Å². The molecule has 5 heteroatoms. The number of hydrogen-bond donors (Lipinski definition) is 1. The van der Waals surface area contributed by atoms with E-state index >= 15 is 0 Å². The van der Waals surface area contributed by atoms with Crippen LogP contribution in [0.5, 0.6) is 5.75 Å². The van der Waals surface area contributed by atoms with E-state index in [1.165, 1.54) is 10.6 Å². The van der Waals surface area contributed by atoms with Crippen LogP contribution in [0.2, 0.25) is 0 Å². The molecule has 1 N–H and O–H groups in total. The van der Waals surface area contributed by atoms with Crippen molar-refractivity contribution in [1.29, 1.82) is 0 Å². The Morgan fingerprint density at radius 1 is 0.931 bits per heavy atom. The predicted octanol–water partition coefficient (Wildman–Crippen LogP) is 4.04. The van der Waals surface area contributed by atoms with E-state index in [2.05, 4.69) is 11.5 Å². The summed E-state index contributed by atoms with van der Waals surface area (Å²) in [6.45, 7) is 2.53. The Labute approximate surface area is 169 Å². The molecule has 2 amide bonds. The van der Waals surface area contributed by atoms with Crippen molar-refractivity contribution < 1.29 is 14.3 Å². The summed E-state index contributed by atoms with van der Waals surface area (Å²) in [6.07, 6.45) is 1.59. The molecule has 3 aromatic carbocycles. The minimum absolute atomic E-state index is 0.0993. The summed E-state index contributed by atoms with van der Waals surface area (Å²) in [5.41, 5.74) is 6.36. The molecule has 0 spiro atoms. The SMILES string of the molecule is Cc1cccc(COc2ccc(/C=C3/C(=O)NN(c4ccccc4)C3=O)cc2)c1. The van der Waals surface area contributed by atoms with E-state index in [-0.39, 0.29) is 11.5 Å². The van der Waals surface area contributed by atoms with E-state index in [0.717, 1.165) is 16.9 Å². The second-order valence-electron chi connectivity index (χ2n) is 6.82. The summed E-state index contributed by atoms with van der Waals surface area (Å²) >= 11 is 0. The Morgan fingerprint density at radius 2 is 1.69 bits per heavy atom. The predicted molar refractivity (Wildman–Crippen MR) is 112 cm³/mol. The number of amides is 2. The van der Waals surface area contributed by atoms with Gasteiger partial charge in [0.1, 0.15) is 17.9 Å². The number of hydrazine groups is 1. The van der Waals surface area contributed by atoms with Gasteiger partial charge in [0.05, 0.1) is 5.69 Å². The fourth-order valence-corrected chi connectivity index (χ4v) is 3.11. The molecule has 4 rings (SSSR count). The number of rotatable bonds is 5. The zero-order valence-corrected chi connectivity index (χ0v) is 16.0. The van der Waals surface area contributed by atoms with Crippen LogP contribution in [-0.2, 0) is 16.2 Å². The largest absolute Gasteiger partial charge is 0.489 e. The molecule has 0 aromatic heterocycles. The van der Waals surface area contributed by atoms with Gasteiger partial charge in [0, 0.05) is 0 Å². The minimum atomic E-state index is -0.418. The maximum absolute atomic E-state index is 12.6. The number of nitrogens with zero attached hydrogens (tertiary/aromatic N) is 1. The van der Waals surface area contributed by atoms with E-state index in [9.17, 15) is 9.59 Å². The Balaban J connectivity index is 1.45. The lowest BCUT2D eigenvalue weighted by Crippen LogP contribution is -2.35. The number of aryl methyl sites for hydroxylation is 1. The third kappa shape index (κ3) is 4.19. The molecule has 3 aromatic rings. The summed E-state index contributed by atoms with van der Waals surface area (Å²) < 4.78 is 5.81. The van der Waals surface area contributed by atoms with E-state index in [4.69, 9.17) is 4.74 Å². The normalized spacial score (nSPS) is 14.9. The van der Waals surface area contributed by atoms with E-state index in [1.54, 1.807) is 18.2 Å². The number of nitrogens with one attached hydrogen (secondary N) is 1. The second-order valence-corrected chi connectivity index (χ2v) is 6.82. The van der Waals surface area contributed by atoms with Gasteiger partial charge in [0.2, 0.25) is 0 Å². The van der Waals surface area contributed by atoms with Gasteiger partial charge in [-0.15, -0.1) is 0 Å². The molecule has 0 unspecified atom stereocenters. The molecule has 0 bridgehead atoms. The molecule has 1 aliphatic heterocycles. The Kier molecular flexibility index (Phi) is 5.12. The average molecular weight is 384 g/mol. The van der Waals surface area contributed by atoms with Gasteiger partial charge >= 0.3 is 0 Å². The molecule has 29 heavy (non-hydrogen) atoms. The van der Waals surface area contributed by atoms with Crippen LogP contribution >= 0.6 is 0 Å². The molecule has 1 fully saturated rings. The van der Waals surface area contributed by atoms with Gasteiger partial charge in [-0.05, 0) is 48.4 Å². The maximum atomic E-state index is 12.6. The number of carbonyl (C=O) groups excluding carboxylic acids is 2. The van der Waals surface area contributed by atoms with Crippen LogP contribution in [0.4, 0.5) is 5.69 Å². The van der Waals surface area contributed by atoms with Gasteiger partial charge in [-0.25, -0.2) is 5.01 Å². The standard InChI is InChI=1S/C24H20N2O3/c1-17-6-5-7-19(14-17)16-29-21-12-10-18(11-13-21)15-22-23(27)25-26(24(22)28)20-8-3-2-4-9-20/h2-15H,16H2,1H3,(H,25,27)/b22-15-. The highest BCUT2D eigenvalue weighted by Crippen LogP contribution is 2.22. The quantitative estimate of drug-likeness (QED) is 0.534. The molecule has 1 aliphatic rings. The number of benzene rings is 3. The van der Waals surface area contributed by atoms with Crippen molar-refractivity contribution in [2.24, 2.45) is 0 Å². The Morgan fingerprint density at radius 3 is 2.41 bits per heavy atom. The minimum Gasteiger partial charge on any atom is -0.489 e. The van der Waals surface area contributed by atoms with Gasteiger partial charge in [0.15, 0.2) is 0 Å². The lowest BCUT2D eigenvalue weighted by atomic mass is 10.1. The third-order valence-electron chi connectivity index (χ3n) is 4.58. The first-order valence-corrected chi connectivity index (χ1v) is 9.31. The Bertz CT molecular complexity index is 1070. The van der Waals surface area contributed by atoms with Gasteiger partial charge in [-0.3, -0.25) is 15.0 Å². The van der Waals surface area contributed by atoms with Crippen molar-refractivity contribution in [1.82, 2.24) is 5.43 Å². The van der Waals surface area contributed by atoms with E-state index in [0.29, 0.717) is 12.3 Å². The molecular formula is C24H20N2O3. The van der Waals surface area contributed by atoms with Crippen molar-refractivity contribution >= 4 is 23.6 Å². The smallest absolute Gasteiger partial charge is 0.282 e. The van der Waals surface area contributed by atoms with Crippen molar-refractivity contribution in [3.05, 3.63) is 101 Å². The molecule has 0 saturated carbocycles. The monoisotopic (exact) mass is 384 g/mol. The average Bonchev–Trinajstić information content (AvgIpc) is 3.02. The number of anilines is 1. The highest BCUT2D eigenvalue weighted by Gasteiger charge is 2.34. The van der Waals surface area contributed by atoms with Gasteiger partial charge < -0.3 is 4.74 Å². The van der Waals surface area contributed by atoms with Gasteiger partial charge in [0.25, 0.3) is 11.8 Å². The first-order valence-electron chi connectivity index (χ1n) is 9.31. The summed E-state index contributed by atoms with van der Waals surface area (Å²) in [5, 5.41) is 1.26. The molecule has 0 aliphatic carbocycles. The highest BCUT2D eigenvalue weighted by atomic mass is 16.5. The molecule has 0 atom stereocenters. The van der Waals surface area contributed by atoms with E-state index < -0.39 is 5.91 Å². The zero-order valence-electron chi connectivity index (χ0n) is 16.0. The third-order valence-corrected chi connectivity index (χ3v) is 4.58. The maximum Gasteiger partial charge on any atom is 0.282 e. The second kappa shape index (κ2) is 8.02. The van der Waals surface area contributed by atoms with Crippen LogP contribution < -0.4 is 15.2 Å². The van der Waals surface area contributed by atoms with Gasteiger partial charge in [-0.1, -0.05) is 60.2 Å². The first kappa shape index (κ1) is 18.5. The molecular weight excluding hydrogens is 364 g/mol. The molecule has 1 saturated heterocycles. The fraction of sp³-hybridized carbons (Fsp3) is 0.0833. The molecule has 144 valence electrons. The van der Waals surface area contributed by atoms with E-state index in [1.807, 2.05) is 67.6 Å². The van der Waals surface area contributed by atoms with Crippen LogP contribution in [0.1, 0.15) is 16.7 Å². The molecule has 1 heterocycles. The highest BCUT2D eigenvalue weighted by molar-refractivity contribution is 6.31. The Hall–Kier alpha value is -3.86. The molecule has 0 radical (unpaired) electrons. The zero-order chi connectivity index (χ0) is 20.2. The topological polar surface area (TPSA) is 58.6 Å². The summed E-state index contributed by atoms with van der Waals surface area (Å²) in [5.74, 6) is -0.0682. The number of ether oxygens (including phenoxy) is 1. The summed E-state index contributed by atoms with van der Waals surface area (Å²) in [6, 6.07) is 24.5. The lowest BCUT2D eigenvalue weighted by Gasteiger charge is -2.13. The lowest BCUT2D eigenvalue weighted by molar-refractivity contribution is -0.117.